The van der Waals surface area contributed by atoms with Crippen molar-refractivity contribution in [2.75, 3.05) is 56.6 Å². The van der Waals surface area contributed by atoms with Crippen LogP contribution in [-0.2, 0) is 12.8 Å². The standard InChI is InChI=1S/C25H32N6O2S/c1-3-19-7-9-21(10-8-19)27-24(32)26-11-12-30-13-15-31(16-14-30)25-28-23(29-34-25)18-20-5-4-6-22(17-20)33-2/h4-10,17H,3,11-16,18H2,1-2H3,(H2,26,27,32). The number of carbonyl (C=O) groups excluding carboxylic acids is 1. The molecular weight excluding hydrogens is 448 g/mol. The fraction of sp³-hybridized carbons (Fsp3) is 0.400. The maximum atomic E-state index is 12.1. The molecule has 0 spiro atoms. The van der Waals surface area contributed by atoms with E-state index in [1.54, 1.807) is 7.11 Å². The summed E-state index contributed by atoms with van der Waals surface area (Å²) in [5.74, 6) is 1.69. The van der Waals surface area contributed by atoms with E-state index in [0.29, 0.717) is 13.0 Å². The molecule has 0 saturated carbocycles. The van der Waals surface area contributed by atoms with Crippen molar-refractivity contribution >= 4 is 28.4 Å². The molecule has 34 heavy (non-hydrogen) atoms. The number of hydrogen-bond acceptors (Lipinski definition) is 7. The van der Waals surface area contributed by atoms with Crippen molar-refractivity contribution in [1.29, 1.82) is 0 Å². The van der Waals surface area contributed by atoms with Crippen LogP contribution in [0.15, 0.2) is 48.5 Å². The van der Waals surface area contributed by atoms with E-state index in [-0.39, 0.29) is 6.03 Å². The van der Waals surface area contributed by atoms with E-state index in [9.17, 15) is 4.79 Å². The number of nitrogens with zero attached hydrogens (tertiary/aromatic N) is 4. The van der Waals surface area contributed by atoms with Crippen LogP contribution in [0.2, 0.25) is 0 Å². The molecule has 1 saturated heterocycles. The van der Waals surface area contributed by atoms with Gasteiger partial charge in [-0.3, -0.25) is 4.90 Å². The smallest absolute Gasteiger partial charge is 0.319 e. The Labute approximate surface area is 205 Å². The third kappa shape index (κ3) is 6.68. The Kier molecular flexibility index (Phi) is 8.32. The third-order valence-electron chi connectivity index (χ3n) is 5.93. The maximum absolute atomic E-state index is 12.1. The second-order valence-corrected chi connectivity index (χ2v) is 9.01. The van der Waals surface area contributed by atoms with Gasteiger partial charge in [-0.1, -0.05) is 31.2 Å². The van der Waals surface area contributed by atoms with Gasteiger partial charge in [0.05, 0.1) is 7.11 Å². The van der Waals surface area contributed by atoms with E-state index in [2.05, 4.69) is 37.8 Å². The number of carbonyl (C=O) groups is 1. The lowest BCUT2D eigenvalue weighted by atomic mass is 10.1. The second kappa shape index (κ2) is 11.8. The number of anilines is 2. The molecule has 4 rings (SSSR count). The van der Waals surface area contributed by atoms with Gasteiger partial charge in [-0.15, -0.1) is 0 Å². The van der Waals surface area contributed by atoms with Gasteiger partial charge < -0.3 is 20.3 Å². The number of benzene rings is 2. The van der Waals surface area contributed by atoms with Crippen molar-refractivity contribution in [1.82, 2.24) is 19.6 Å². The first kappa shape index (κ1) is 24.0. The summed E-state index contributed by atoms with van der Waals surface area (Å²) in [5, 5.41) is 6.81. The molecule has 1 aromatic heterocycles. The van der Waals surface area contributed by atoms with Gasteiger partial charge in [-0.25, -0.2) is 9.78 Å². The zero-order valence-corrected chi connectivity index (χ0v) is 20.6. The molecule has 0 unspecified atom stereocenters. The molecule has 2 aromatic carbocycles. The van der Waals surface area contributed by atoms with Crippen LogP contribution in [-0.4, -0.2) is 66.7 Å². The van der Waals surface area contributed by atoms with Crippen LogP contribution in [0.4, 0.5) is 15.6 Å². The number of rotatable bonds is 9. The molecule has 9 heteroatoms. The fourth-order valence-corrected chi connectivity index (χ4v) is 4.64. The van der Waals surface area contributed by atoms with Crippen LogP contribution in [0.3, 0.4) is 0 Å². The average Bonchev–Trinajstić information content (AvgIpc) is 3.33. The Hall–Kier alpha value is -3.17. The summed E-state index contributed by atoms with van der Waals surface area (Å²) < 4.78 is 9.85. The van der Waals surface area contributed by atoms with E-state index < -0.39 is 0 Å². The Morgan fingerprint density at radius 1 is 1.09 bits per heavy atom. The molecular formula is C25H32N6O2S. The molecule has 180 valence electrons. The highest BCUT2D eigenvalue weighted by atomic mass is 32.1. The predicted octanol–water partition coefficient (Wildman–Crippen LogP) is 3.64. The normalized spacial score (nSPS) is 14.1. The van der Waals surface area contributed by atoms with Gasteiger partial charge in [0.15, 0.2) is 0 Å². The van der Waals surface area contributed by atoms with Gasteiger partial charge in [0.1, 0.15) is 11.6 Å². The molecule has 1 aliphatic rings. The van der Waals surface area contributed by atoms with Crippen LogP contribution >= 0.6 is 11.5 Å². The van der Waals surface area contributed by atoms with Crippen molar-refractivity contribution in [3.8, 4) is 5.75 Å². The average molecular weight is 481 g/mol. The molecule has 0 aliphatic carbocycles. The Morgan fingerprint density at radius 2 is 1.88 bits per heavy atom. The first-order valence-electron chi connectivity index (χ1n) is 11.7. The molecule has 0 bridgehead atoms. The lowest BCUT2D eigenvalue weighted by Gasteiger charge is -2.34. The van der Waals surface area contributed by atoms with Crippen LogP contribution in [0.25, 0.3) is 0 Å². The van der Waals surface area contributed by atoms with Crippen molar-refractivity contribution in [2.45, 2.75) is 19.8 Å². The van der Waals surface area contributed by atoms with Crippen LogP contribution < -0.4 is 20.3 Å². The van der Waals surface area contributed by atoms with Crippen LogP contribution in [0.1, 0.15) is 23.9 Å². The first-order chi connectivity index (χ1) is 16.6. The number of amides is 2. The minimum Gasteiger partial charge on any atom is -0.497 e. The molecule has 2 N–H and O–H groups in total. The van der Waals surface area contributed by atoms with Crippen molar-refractivity contribution < 1.29 is 9.53 Å². The van der Waals surface area contributed by atoms with Crippen molar-refractivity contribution in [3.05, 3.63) is 65.5 Å². The van der Waals surface area contributed by atoms with E-state index in [1.807, 2.05) is 42.5 Å². The summed E-state index contributed by atoms with van der Waals surface area (Å²) in [4.78, 5) is 21.6. The number of urea groups is 1. The summed E-state index contributed by atoms with van der Waals surface area (Å²) >= 11 is 1.46. The number of nitrogens with one attached hydrogen (secondary N) is 2. The maximum Gasteiger partial charge on any atom is 0.319 e. The lowest BCUT2D eigenvalue weighted by molar-refractivity contribution is 0.240. The summed E-state index contributed by atoms with van der Waals surface area (Å²) in [6.07, 6.45) is 1.69. The number of aryl methyl sites for hydroxylation is 1. The zero-order chi connectivity index (χ0) is 23.8. The summed E-state index contributed by atoms with van der Waals surface area (Å²) in [7, 11) is 1.68. The highest BCUT2D eigenvalue weighted by molar-refractivity contribution is 7.09. The molecule has 2 amide bonds. The number of methoxy groups -OCH3 is 1. The van der Waals surface area contributed by atoms with Crippen molar-refractivity contribution in [2.24, 2.45) is 0 Å². The van der Waals surface area contributed by atoms with Gasteiger partial charge in [-0.2, -0.15) is 4.37 Å². The Balaban J connectivity index is 1.17. The topological polar surface area (TPSA) is 82.6 Å². The molecule has 0 radical (unpaired) electrons. The second-order valence-electron chi connectivity index (χ2n) is 8.28. The Morgan fingerprint density at radius 3 is 2.62 bits per heavy atom. The molecule has 1 aliphatic heterocycles. The monoisotopic (exact) mass is 480 g/mol. The van der Waals surface area contributed by atoms with Crippen molar-refractivity contribution in [3.63, 3.8) is 0 Å². The molecule has 1 fully saturated rings. The van der Waals surface area contributed by atoms with Gasteiger partial charge >= 0.3 is 6.03 Å². The van der Waals surface area contributed by atoms with Gasteiger partial charge in [0.2, 0.25) is 5.13 Å². The largest absolute Gasteiger partial charge is 0.497 e. The number of aromatic nitrogens is 2. The molecule has 0 atom stereocenters. The molecule has 2 heterocycles. The van der Waals surface area contributed by atoms with Gasteiger partial charge in [0.25, 0.3) is 0 Å². The van der Waals surface area contributed by atoms with E-state index in [1.165, 1.54) is 17.1 Å². The Bertz CT molecular complexity index is 1060. The number of hydrogen-bond donors (Lipinski definition) is 2. The summed E-state index contributed by atoms with van der Waals surface area (Å²) in [6.45, 7) is 7.24. The molecule has 8 nitrogen and oxygen atoms in total. The molecule has 3 aromatic rings. The van der Waals surface area contributed by atoms with Gasteiger partial charge in [0, 0.05) is 62.9 Å². The minimum absolute atomic E-state index is 0.166. The summed E-state index contributed by atoms with van der Waals surface area (Å²) in [5.41, 5.74) is 3.21. The number of ether oxygens (including phenoxy) is 1. The van der Waals surface area contributed by atoms with E-state index >= 15 is 0 Å². The zero-order valence-electron chi connectivity index (χ0n) is 19.8. The predicted molar refractivity (Wildman–Crippen MR) is 137 cm³/mol. The van der Waals surface area contributed by atoms with E-state index in [0.717, 1.165) is 67.1 Å². The van der Waals surface area contributed by atoms with Crippen LogP contribution in [0.5, 0.6) is 5.75 Å². The van der Waals surface area contributed by atoms with Crippen LogP contribution in [0, 0.1) is 0 Å². The number of piperazine rings is 1. The fourth-order valence-electron chi connectivity index (χ4n) is 3.90. The van der Waals surface area contributed by atoms with Gasteiger partial charge in [-0.05, 0) is 41.8 Å². The lowest BCUT2D eigenvalue weighted by Crippen LogP contribution is -2.48. The highest BCUT2D eigenvalue weighted by Gasteiger charge is 2.20. The highest BCUT2D eigenvalue weighted by Crippen LogP contribution is 2.21. The SMILES string of the molecule is CCc1ccc(NC(=O)NCCN2CCN(c3nc(Cc4cccc(OC)c4)ns3)CC2)cc1. The first-order valence-corrected chi connectivity index (χ1v) is 12.5. The van der Waals surface area contributed by atoms with E-state index in [4.69, 9.17) is 9.72 Å². The summed E-state index contributed by atoms with van der Waals surface area (Å²) in [6, 6.07) is 15.8. The minimum atomic E-state index is -0.166. The third-order valence-corrected chi connectivity index (χ3v) is 6.75. The quantitative estimate of drug-likeness (QED) is 0.487.